The first-order chi connectivity index (χ1) is 18.7. The summed E-state index contributed by atoms with van der Waals surface area (Å²) in [5, 5.41) is 10.6. The molecule has 0 spiro atoms. The van der Waals surface area contributed by atoms with Gasteiger partial charge in [0.1, 0.15) is 0 Å². The van der Waals surface area contributed by atoms with Crippen molar-refractivity contribution in [2.24, 2.45) is 0 Å². The molecule has 0 bridgehead atoms. The highest BCUT2D eigenvalue weighted by atomic mass is 35.5. The van der Waals surface area contributed by atoms with Crippen LogP contribution in [0.3, 0.4) is 0 Å². The van der Waals surface area contributed by atoms with Crippen LogP contribution in [-0.2, 0) is 22.6 Å². The largest absolute Gasteiger partial charge is 0.416 e. The first kappa shape index (κ1) is 30.2. The summed E-state index contributed by atoms with van der Waals surface area (Å²) in [4.78, 5) is 15.6. The summed E-state index contributed by atoms with van der Waals surface area (Å²) >= 11 is 12.3. The molecule has 1 saturated heterocycles. The van der Waals surface area contributed by atoms with Crippen molar-refractivity contribution in [2.75, 3.05) is 19.7 Å². The second kappa shape index (κ2) is 11.6. The predicted molar refractivity (Wildman–Crippen MR) is 140 cm³/mol. The molecule has 1 aliphatic rings. The average molecular weight is 604 g/mol. The van der Waals surface area contributed by atoms with Gasteiger partial charge in [-0.1, -0.05) is 53.5 Å². The molecular weight excluding hydrogens is 579 g/mol. The lowest BCUT2D eigenvalue weighted by Gasteiger charge is -2.44. The van der Waals surface area contributed by atoms with Crippen LogP contribution in [0.25, 0.3) is 0 Å². The van der Waals surface area contributed by atoms with E-state index in [0.29, 0.717) is 35.9 Å². The number of piperidine rings is 1. The number of benzene rings is 3. The van der Waals surface area contributed by atoms with Crippen molar-refractivity contribution in [2.45, 2.75) is 42.9 Å². The van der Waals surface area contributed by atoms with Gasteiger partial charge in [0.2, 0.25) is 5.91 Å². The maximum atomic E-state index is 14.1. The van der Waals surface area contributed by atoms with E-state index in [9.17, 15) is 36.2 Å². The molecule has 1 unspecified atom stereocenters. The summed E-state index contributed by atoms with van der Waals surface area (Å²) in [5.74, 6) is -1.62. The molecule has 3 aromatic rings. The zero-order chi connectivity index (χ0) is 29.3. The molecule has 1 fully saturated rings. The van der Waals surface area contributed by atoms with Gasteiger partial charge >= 0.3 is 12.4 Å². The standard InChI is InChI=1S/C29H25Cl2F6NO2/c30-23-11-10-22(16-24(23)31)27(13-15-39)12-1-14-38(17-27)26(40)25(18-2-6-20(7-3-18)28(32,33)34)19-4-8-21(9-5-19)29(35,36)37/h2-11,16,25,39H,1,12-15,17H2. The number of carbonyl (C=O) groups is 1. The van der Waals surface area contributed by atoms with Gasteiger partial charge in [-0.05, 0) is 72.4 Å². The maximum absolute atomic E-state index is 14.1. The van der Waals surface area contributed by atoms with E-state index in [1.807, 2.05) is 0 Å². The van der Waals surface area contributed by atoms with Gasteiger partial charge in [-0.3, -0.25) is 4.79 Å². The van der Waals surface area contributed by atoms with Crippen molar-refractivity contribution < 1.29 is 36.2 Å². The van der Waals surface area contributed by atoms with Gasteiger partial charge < -0.3 is 10.0 Å². The summed E-state index contributed by atoms with van der Waals surface area (Å²) in [7, 11) is 0. The number of rotatable bonds is 6. The fraction of sp³-hybridized carbons (Fsp3) is 0.345. The fourth-order valence-corrected chi connectivity index (χ4v) is 5.63. The maximum Gasteiger partial charge on any atom is 0.416 e. The van der Waals surface area contributed by atoms with Crippen LogP contribution in [0.15, 0.2) is 66.7 Å². The lowest BCUT2D eigenvalue weighted by molar-refractivity contribution is -0.138. The van der Waals surface area contributed by atoms with E-state index in [4.69, 9.17) is 23.2 Å². The molecule has 1 amide bonds. The van der Waals surface area contributed by atoms with Crippen LogP contribution < -0.4 is 0 Å². The number of hydrogen-bond acceptors (Lipinski definition) is 2. The monoisotopic (exact) mass is 603 g/mol. The van der Waals surface area contributed by atoms with Crippen LogP contribution in [0.4, 0.5) is 26.3 Å². The average Bonchev–Trinajstić information content (AvgIpc) is 2.90. The van der Waals surface area contributed by atoms with Crippen LogP contribution in [0, 0.1) is 0 Å². The third kappa shape index (κ3) is 6.42. The number of aliphatic hydroxyl groups is 1. The van der Waals surface area contributed by atoms with E-state index in [1.165, 1.54) is 24.3 Å². The first-order valence-corrected chi connectivity index (χ1v) is 13.2. The lowest BCUT2D eigenvalue weighted by atomic mass is 9.71. The van der Waals surface area contributed by atoms with Gasteiger partial charge in [0.15, 0.2) is 0 Å². The lowest BCUT2D eigenvalue weighted by Crippen LogP contribution is -2.50. The minimum atomic E-state index is -4.59. The number of likely N-dealkylation sites (tertiary alicyclic amines) is 1. The van der Waals surface area contributed by atoms with Crippen molar-refractivity contribution in [3.63, 3.8) is 0 Å². The van der Waals surface area contributed by atoms with Crippen molar-refractivity contribution in [1.82, 2.24) is 4.90 Å². The Labute approximate surface area is 237 Å². The highest BCUT2D eigenvalue weighted by molar-refractivity contribution is 6.42. The van der Waals surface area contributed by atoms with Gasteiger partial charge in [-0.25, -0.2) is 0 Å². The third-order valence-corrected chi connectivity index (χ3v) is 8.14. The molecule has 0 aromatic heterocycles. The van der Waals surface area contributed by atoms with E-state index < -0.39 is 40.7 Å². The van der Waals surface area contributed by atoms with Gasteiger partial charge in [0.25, 0.3) is 0 Å². The zero-order valence-corrected chi connectivity index (χ0v) is 22.5. The Bertz CT molecular complexity index is 1280. The Kier molecular flexibility index (Phi) is 8.78. The minimum Gasteiger partial charge on any atom is -0.396 e. The topological polar surface area (TPSA) is 40.5 Å². The fourth-order valence-electron chi connectivity index (χ4n) is 5.33. The van der Waals surface area contributed by atoms with E-state index >= 15 is 0 Å². The summed E-state index contributed by atoms with van der Waals surface area (Å²) < 4.78 is 79.2. The Morgan fingerprint density at radius 2 is 1.38 bits per heavy atom. The van der Waals surface area contributed by atoms with E-state index in [1.54, 1.807) is 23.1 Å². The van der Waals surface area contributed by atoms with Gasteiger partial charge in [0.05, 0.1) is 27.1 Å². The zero-order valence-electron chi connectivity index (χ0n) is 21.0. The van der Waals surface area contributed by atoms with Crippen LogP contribution >= 0.6 is 23.2 Å². The van der Waals surface area contributed by atoms with E-state index in [-0.39, 0.29) is 24.3 Å². The molecule has 4 rings (SSSR count). The highest BCUT2D eigenvalue weighted by Gasteiger charge is 2.41. The molecule has 40 heavy (non-hydrogen) atoms. The smallest absolute Gasteiger partial charge is 0.396 e. The SMILES string of the molecule is O=C(C(c1ccc(C(F)(F)F)cc1)c1ccc(C(F)(F)F)cc1)N1CCCC(CCO)(c2ccc(Cl)c(Cl)c2)C1. The molecule has 0 radical (unpaired) electrons. The normalized spacial score (nSPS) is 18.3. The number of amides is 1. The van der Waals surface area contributed by atoms with Gasteiger partial charge in [-0.15, -0.1) is 0 Å². The highest BCUT2D eigenvalue weighted by Crippen LogP contribution is 2.41. The number of halogens is 8. The van der Waals surface area contributed by atoms with Crippen LogP contribution in [0.5, 0.6) is 0 Å². The second-order valence-corrected chi connectivity index (χ2v) is 10.7. The van der Waals surface area contributed by atoms with Crippen LogP contribution in [0.2, 0.25) is 10.0 Å². The molecule has 3 aromatic carbocycles. The number of nitrogens with zero attached hydrogens (tertiary/aromatic N) is 1. The number of alkyl halides is 6. The molecule has 11 heteroatoms. The first-order valence-electron chi connectivity index (χ1n) is 12.4. The molecule has 1 aliphatic heterocycles. The molecular formula is C29H25Cl2F6NO2. The summed E-state index contributed by atoms with van der Waals surface area (Å²) in [6, 6.07) is 13.2. The Hall–Kier alpha value is -2.75. The molecule has 1 N–H and O–H groups in total. The molecule has 0 aliphatic carbocycles. The van der Waals surface area contributed by atoms with Crippen LogP contribution in [0.1, 0.15) is 53.0 Å². The van der Waals surface area contributed by atoms with Crippen molar-refractivity contribution in [1.29, 1.82) is 0 Å². The molecule has 1 atom stereocenters. The number of carbonyl (C=O) groups excluding carboxylic acids is 1. The molecule has 214 valence electrons. The second-order valence-electron chi connectivity index (χ2n) is 9.92. The molecule has 0 saturated carbocycles. The van der Waals surface area contributed by atoms with E-state index in [2.05, 4.69) is 0 Å². The van der Waals surface area contributed by atoms with Crippen LogP contribution in [-0.4, -0.2) is 35.6 Å². The Morgan fingerprint density at radius 3 is 1.82 bits per heavy atom. The third-order valence-electron chi connectivity index (χ3n) is 7.40. The van der Waals surface area contributed by atoms with Crippen molar-refractivity contribution in [3.8, 4) is 0 Å². The summed E-state index contributed by atoms with van der Waals surface area (Å²) in [5.41, 5.74) is -1.30. The predicted octanol–water partition coefficient (Wildman–Crippen LogP) is 8.11. The summed E-state index contributed by atoms with van der Waals surface area (Å²) in [6.45, 7) is 0.316. The number of aliphatic hydroxyl groups excluding tert-OH is 1. The quantitative estimate of drug-likeness (QED) is 0.289. The number of hydrogen-bond donors (Lipinski definition) is 1. The van der Waals surface area contributed by atoms with E-state index in [0.717, 1.165) is 29.8 Å². The molecule has 3 nitrogen and oxygen atoms in total. The van der Waals surface area contributed by atoms with Crippen molar-refractivity contribution >= 4 is 29.1 Å². The van der Waals surface area contributed by atoms with Gasteiger partial charge in [0, 0.05) is 25.1 Å². The Morgan fingerprint density at radius 1 is 0.850 bits per heavy atom. The molecule has 1 heterocycles. The van der Waals surface area contributed by atoms with Gasteiger partial charge in [-0.2, -0.15) is 26.3 Å². The van der Waals surface area contributed by atoms with Crippen molar-refractivity contribution in [3.05, 3.63) is 105 Å². The Balaban J connectivity index is 1.74. The summed E-state index contributed by atoms with van der Waals surface area (Å²) in [6.07, 6.45) is -7.70. The minimum absolute atomic E-state index is 0.169.